The van der Waals surface area contributed by atoms with Crippen LogP contribution < -0.4 is 0 Å². The standard InChI is InChI=1S/C22H40O2S/c1-3-5-15-22(4-2)16-20(18-11-7-6-8-12-18)19-13-9-10-14-21(19)25(23,24)17-22/h18-21H,3-17H2,1-2H3/t19?,20-,21?,22-/m0/s1. The molecule has 3 heteroatoms. The van der Waals surface area contributed by atoms with Crippen LogP contribution in [-0.4, -0.2) is 19.4 Å². The fourth-order valence-corrected chi connectivity index (χ4v) is 9.46. The van der Waals surface area contributed by atoms with Crippen molar-refractivity contribution in [1.29, 1.82) is 0 Å². The number of hydrogen-bond donors (Lipinski definition) is 0. The topological polar surface area (TPSA) is 34.1 Å². The highest BCUT2D eigenvalue weighted by Gasteiger charge is 2.50. The summed E-state index contributed by atoms with van der Waals surface area (Å²) >= 11 is 0. The summed E-state index contributed by atoms with van der Waals surface area (Å²) in [6.07, 6.45) is 17.1. The molecule has 1 heterocycles. The van der Waals surface area contributed by atoms with Crippen molar-refractivity contribution < 1.29 is 8.42 Å². The van der Waals surface area contributed by atoms with E-state index in [0.29, 0.717) is 17.6 Å². The third kappa shape index (κ3) is 4.28. The Labute approximate surface area is 156 Å². The summed E-state index contributed by atoms with van der Waals surface area (Å²) < 4.78 is 26.8. The third-order valence-electron chi connectivity index (χ3n) is 8.01. The number of fused-ring (bicyclic) bond motifs is 1. The summed E-state index contributed by atoms with van der Waals surface area (Å²) in [7, 11) is -2.94. The first-order chi connectivity index (χ1) is 12.0. The second-order valence-corrected chi connectivity index (χ2v) is 11.7. The van der Waals surface area contributed by atoms with Crippen LogP contribution in [-0.2, 0) is 9.84 Å². The highest BCUT2D eigenvalue weighted by molar-refractivity contribution is 7.92. The monoisotopic (exact) mass is 368 g/mol. The van der Waals surface area contributed by atoms with Crippen LogP contribution in [0.1, 0.15) is 104 Å². The normalized spacial score (nSPS) is 39.5. The first-order valence-electron chi connectivity index (χ1n) is 11.2. The lowest BCUT2D eigenvalue weighted by molar-refractivity contribution is 0.0916. The maximum absolute atomic E-state index is 13.4. The average Bonchev–Trinajstić information content (AvgIpc) is 2.74. The van der Waals surface area contributed by atoms with Crippen molar-refractivity contribution in [2.75, 3.05) is 5.75 Å². The van der Waals surface area contributed by atoms with Crippen LogP contribution in [0.5, 0.6) is 0 Å². The molecular formula is C22H40O2S. The summed E-state index contributed by atoms with van der Waals surface area (Å²) in [6.45, 7) is 4.50. The summed E-state index contributed by atoms with van der Waals surface area (Å²) in [5.74, 6) is 2.44. The van der Waals surface area contributed by atoms with Crippen LogP contribution in [0.4, 0.5) is 0 Å². The van der Waals surface area contributed by atoms with Gasteiger partial charge in [0.1, 0.15) is 0 Å². The van der Waals surface area contributed by atoms with Gasteiger partial charge in [0, 0.05) is 0 Å². The molecule has 3 fully saturated rings. The Morgan fingerprint density at radius 3 is 2.24 bits per heavy atom. The minimum absolute atomic E-state index is 0.0109. The van der Waals surface area contributed by atoms with Gasteiger partial charge in [-0.1, -0.05) is 71.6 Å². The van der Waals surface area contributed by atoms with Gasteiger partial charge in [-0.15, -0.1) is 0 Å². The highest BCUT2D eigenvalue weighted by atomic mass is 32.2. The Morgan fingerprint density at radius 1 is 0.880 bits per heavy atom. The van der Waals surface area contributed by atoms with Gasteiger partial charge in [0.15, 0.2) is 9.84 Å². The van der Waals surface area contributed by atoms with Gasteiger partial charge in [0.25, 0.3) is 0 Å². The zero-order chi connectivity index (χ0) is 17.9. The molecule has 0 aromatic heterocycles. The van der Waals surface area contributed by atoms with Crippen LogP contribution in [0.25, 0.3) is 0 Å². The molecule has 4 atom stereocenters. The minimum atomic E-state index is -2.94. The van der Waals surface area contributed by atoms with Crippen molar-refractivity contribution >= 4 is 9.84 Å². The van der Waals surface area contributed by atoms with E-state index in [0.717, 1.165) is 31.6 Å². The predicted octanol–water partition coefficient (Wildman–Crippen LogP) is 6.15. The molecule has 2 unspecified atom stereocenters. The summed E-state index contributed by atoms with van der Waals surface area (Å²) in [4.78, 5) is 0. The fourth-order valence-electron chi connectivity index (χ4n) is 6.53. The van der Waals surface area contributed by atoms with Gasteiger partial charge in [0.05, 0.1) is 11.0 Å². The second-order valence-electron chi connectivity index (χ2n) is 9.52. The quantitative estimate of drug-likeness (QED) is 0.583. The fraction of sp³-hybridized carbons (Fsp3) is 1.00. The van der Waals surface area contributed by atoms with E-state index in [2.05, 4.69) is 13.8 Å². The molecule has 0 amide bonds. The maximum atomic E-state index is 13.4. The number of unbranched alkanes of at least 4 members (excludes halogenated alkanes) is 1. The van der Waals surface area contributed by atoms with Gasteiger partial charge in [-0.05, 0) is 55.3 Å². The first kappa shape index (κ1) is 19.7. The van der Waals surface area contributed by atoms with Gasteiger partial charge < -0.3 is 0 Å². The average molecular weight is 369 g/mol. The summed E-state index contributed by atoms with van der Waals surface area (Å²) in [5.41, 5.74) is 0.0638. The highest BCUT2D eigenvalue weighted by Crippen LogP contribution is 2.52. The van der Waals surface area contributed by atoms with Gasteiger partial charge >= 0.3 is 0 Å². The molecule has 1 saturated heterocycles. The van der Waals surface area contributed by atoms with E-state index in [9.17, 15) is 8.42 Å². The zero-order valence-electron chi connectivity index (χ0n) is 16.6. The Kier molecular flexibility index (Phi) is 6.55. The van der Waals surface area contributed by atoms with Crippen LogP contribution in [0, 0.1) is 23.2 Å². The molecule has 0 aromatic rings. The number of sulfone groups is 1. The molecule has 146 valence electrons. The molecule has 2 nitrogen and oxygen atoms in total. The van der Waals surface area contributed by atoms with Crippen LogP contribution >= 0.6 is 0 Å². The molecule has 0 bridgehead atoms. The smallest absolute Gasteiger partial charge is 0.153 e. The van der Waals surface area contributed by atoms with Gasteiger partial charge in [-0.2, -0.15) is 0 Å². The maximum Gasteiger partial charge on any atom is 0.153 e. The van der Waals surface area contributed by atoms with E-state index in [1.807, 2.05) is 0 Å². The lowest BCUT2D eigenvalue weighted by Gasteiger charge is -2.42. The molecule has 0 N–H and O–H groups in total. The van der Waals surface area contributed by atoms with E-state index < -0.39 is 9.84 Å². The van der Waals surface area contributed by atoms with Crippen molar-refractivity contribution in [3.8, 4) is 0 Å². The molecule has 3 aliphatic rings. The van der Waals surface area contributed by atoms with Crippen molar-refractivity contribution in [3.63, 3.8) is 0 Å². The lowest BCUT2D eigenvalue weighted by atomic mass is 9.63. The zero-order valence-corrected chi connectivity index (χ0v) is 17.5. The molecule has 1 aliphatic heterocycles. The molecule has 2 aliphatic carbocycles. The Morgan fingerprint density at radius 2 is 1.56 bits per heavy atom. The van der Waals surface area contributed by atoms with Crippen LogP contribution in [0.2, 0.25) is 0 Å². The third-order valence-corrected chi connectivity index (χ3v) is 10.5. The molecule has 25 heavy (non-hydrogen) atoms. The summed E-state index contributed by atoms with van der Waals surface area (Å²) in [6, 6.07) is 0. The van der Waals surface area contributed by atoms with Crippen LogP contribution in [0.3, 0.4) is 0 Å². The van der Waals surface area contributed by atoms with Gasteiger partial charge in [0.2, 0.25) is 0 Å². The van der Waals surface area contributed by atoms with Crippen molar-refractivity contribution in [1.82, 2.24) is 0 Å². The van der Waals surface area contributed by atoms with Crippen molar-refractivity contribution in [2.45, 2.75) is 109 Å². The van der Waals surface area contributed by atoms with Crippen molar-refractivity contribution in [2.24, 2.45) is 23.2 Å². The van der Waals surface area contributed by atoms with E-state index >= 15 is 0 Å². The van der Waals surface area contributed by atoms with E-state index in [1.54, 1.807) is 0 Å². The molecule has 2 saturated carbocycles. The van der Waals surface area contributed by atoms with E-state index in [4.69, 9.17) is 0 Å². The van der Waals surface area contributed by atoms with E-state index in [1.165, 1.54) is 64.2 Å². The van der Waals surface area contributed by atoms with Crippen LogP contribution in [0.15, 0.2) is 0 Å². The minimum Gasteiger partial charge on any atom is -0.229 e. The predicted molar refractivity (Wildman–Crippen MR) is 106 cm³/mol. The SMILES string of the molecule is CCCC[C@@]1(CC)C[C@@H](C2CCCCC2)C2CCCCC2S(=O)(=O)C1. The Bertz CT molecular complexity index is 520. The molecular weight excluding hydrogens is 328 g/mol. The van der Waals surface area contributed by atoms with E-state index in [-0.39, 0.29) is 10.7 Å². The van der Waals surface area contributed by atoms with Gasteiger partial charge in [-0.3, -0.25) is 0 Å². The molecule has 0 spiro atoms. The number of hydrogen-bond acceptors (Lipinski definition) is 2. The second kappa shape index (κ2) is 8.31. The molecule has 3 rings (SSSR count). The number of rotatable bonds is 5. The Balaban J connectivity index is 1.95. The summed E-state index contributed by atoms with van der Waals surface area (Å²) in [5, 5.41) is -0.0109. The largest absolute Gasteiger partial charge is 0.229 e. The Hall–Kier alpha value is -0.0500. The van der Waals surface area contributed by atoms with Crippen molar-refractivity contribution in [3.05, 3.63) is 0 Å². The lowest BCUT2D eigenvalue weighted by Crippen LogP contribution is -2.38. The molecule has 0 aromatic carbocycles. The molecule has 0 radical (unpaired) electrons. The van der Waals surface area contributed by atoms with Gasteiger partial charge in [-0.25, -0.2) is 8.42 Å². The first-order valence-corrected chi connectivity index (χ1v) is 12.9.